The number of benzene rings is 15. The van der Waals surface area contributed by atoms with E-state index < -0.39 is 16.1 Å². The van der Waals surface area contributed by atoms with Crippen molar-refractivity contribution in [3.63, 3.8) is 0 Å². The molecule has 0 spiro atoms. The SMILES string of the molecule is CC(C)c1ccc2c(c1)c1cc(C(C)C)ccc1n2-c1cc2c3c(c1)N(c1ccccc1-c1ccc(C(C)(C)C)cc1)c1ccc(-c4ccc(C(C)(C)C)cc4)cc1B3c1ccc([Si](c3ccccc3)(c3ccccc3)c3ccccc3)cc1N2c1cccc([Si](c2ccccc2)(c2ccccc2)c2ccccc2)c1. The fourth-order valence-electron chi connectivity index (χ4n) is 18.4. The number of nitrogens with zero attached hydrogens (tertiary/aromatic N) is 3. The van der Waals surface area contributed by atoms with Crippen molar-refractivity contribution >= 4 is 137 Å². The van der Waals surface area contributed by atoms with Gasteiger partial charge in [-0.05, 0) is 186 Å². The number of anilines is 6. The molecule has 0 N–H and O–H groups in total. The Morgan fingerprint density at radius 2 is 0.682 bits per heavy atom. The molecule has 0 atom stereocenters. The van der Waals surface area contributed by atoms with Gasteiger partial charge in [0, 0.05) is 44.8 Å². The number of fused-ring (bicyclic) bond motifs is 7. The Bertz CT molecular complexity index is 5840. The van der Waals surface area contributed by atoms with Crippen molar-refractivity contribution in [2.24, 2.45) is 0 Å². The van der Waals surface area contributed by atoms with Crippen LogP contribution in [0.2, 0.25) is 0 Å². The van der Waals surface area contributed by atoms with E-state index in [9.17, 15) is 0 Å². The van der Waals surface area contributed by atoms with Gasteiger partial charge >= 0.3 is 0 Å². The van der Waals surface area contributed by atoms with Crippen LogP contribution in [0.25, 0.3) is 49.7 Å². The van der Waals surface area contributed by atoms with Gasteiger partial charge in [-0.25, -0.2) is 0 Å². The molecule has 6 heteroatoms. The number of hydrogen-bond acceptors (Lipinski definition) is 2. The molecule has 0 unspecified atom stereocenters. The minimum Gasteiger partial charge on any atom is -0.311 e. The zero-order valence-electron chi connectivity index (χ0n) is 64.7. The molecule has 0 bridgehead atoms. The van der Waals surface area contributed by atoms with Crippen LogP contribution in [0.3, 0.4) is 0 Å². The Morgan fingerprint density at radius 3 is 1.14 bits per heavy atom. The lowest BCUT2D eigenvalue weighted by Crippen LogP contribution is -2.75. The molecule has 0 saturated heterocycles. The first-order chi connectivity index (χ1) is 53.5. The number of hydrogen-bond donors (Lipinski definition) is 0. The largest absolute Gasteiger partial charge is 0.311 e. The third kappa shape index (κ3) is 11.7. The second-order valence-electron chi connectivity index (χ2n) is 33.2. The maximum absolute atomic E-state index is 3.21. The molecule has 15 aromatic carbocycles. The van der Waals surface area contributed by atoms with E-state index in [0.29, 0.717) is 11.8 Å². The quantitative estimate of drug-likeness (QED) is 0.0749. The lowest BCUT2D eigenvalue weighted by atomic mass is 9.33. The molecule has 2 aliphatic heterocycles. The van der Waals surface area contributed by atoms with Gasteiger partial charge in [-0.15, -0.1) is 0 Å². The molecule has 0 radical (unpaired) electrons. The Morgan fingerprint density at radius 1 is 0.273 bits per heavy atom. The summed E-state index contributed by atoms with van der Waals surface area (Å²) in [5, 5.41) is 13.1. The smallest absolute Gasteiger partial charge is 0.252 e. The highest BCUT2D eigenvalue weighted by molar-refractivity contribution is 7.20. The van der Waals surface area contributed by atoms with E-state index in [-0.39, 0.29) is 17.5 Å². The van der Waals surface area contributed by atoms with Crippen molar-refractivity contribution in [2.75, 3.05) is 9.80 Å². The molecule has 0 amide bonds. The molecular formula is C104H92BN3Si2. The van der Waals surface area contributed by atoms with Crippen LogP contribution in [-0.2, 0) is 10.8 Å². The van der Waals surface area contributed by atoms with Gasteiger partial charge in [0.1, 0.15) is 0 Å². The zero-order valence-corrected chi connectivity index (χ0v) is 66.7. The molecule has 534 valence electrons. The maximum atomic E-state index is 2.73. The van der Waals surface area contributed by atoms with E-state index in [0.717, 1.165) is 45.4 Å². The summed E-state index contributed by atoms with van der Waals surface area (Å²) in [7, 11) is -6.36. The van der Waals surface area contributed by atoms with Gasteiger partial charge in [0.05, 0.1) is 22.4 Å². The highest BCUT2D eigenvalue weighted by Gasteiger charge is 2.49. The van der Waals surface area contributed by atoms with Crippen LogP contribution in [0.1, 0.15) is 103 Å². The molecule has 0 fully saturated rings. The van der Waals surface area contributed by atoms with Gasteiger partial charge in [0.25, 0.3) is 6.71 Å². The third-order valence-electron chi connectivity index (χ3n) is 24.0. The fourth-order valence-corrected chi connectivity index (χ4v) is 27.9. The number of aromatic nitrogens is 1. The highest BCUT2D eigenvalue weighted by Crippen LogP contribution is 2.49. The van der Waals surface area contributed by atoms with Crippen molar-refractivity contribution in [2.45, 2.75) is 91.9 Å². The number of para-hydroxylation sites is 1. The molecule has 110 heavy (non-hydrogen) atoms. The summed E-state index contributed by atoms with van der Waals surface area (Å²) in [6.07, 6.45) is 0. The summed E-state index contributed by atoms with van der Waals surface area (Å²) in [4.78, 5) is 5.40. The third-order valence-corrected chi connectivity index (χ3v) is 33.5. The Labute approximate surface area is 652 Å². The lowest BCUT2D eigenvalue weighted by Gasteiger charge is -2.46. The number of rotatable bonds is 15. The second-order valence-corrected chi connectivity index (χ2v) is 40.8. The summed E-state index contributed by atoms with van der Waals surface area (Å²) in [5.41, 5.74) is 24.0. The van der Waals surface area contributed by atoms with E-state index in [2.05, 4.69) is 448 Å². The van der Waals surface area contributed by atoms with Gasteiger partial charge < -0.3 is 14.4 Å². The normalized spacial score (nSPS) is 12.9. The van der Waals surface area contributed by atoms with Crippen LogP contribution in [0, 0.1) is 0 Å². The molecular weight excluding hydrogens is 1360 g/mol. The average Bonchev–Trinajstić information content (AvgIpc) is 0.834. The molecule has 1 aromatic heterocycles. The van der Waals surface area contributed by atoms with Gasteiger partial charge in [-0.1, -0.05) is 366 Å². The van der Waals surface area contributed by atoms with Crippen molar-refractivity contribution in [3.05, 3.63) is 386 Å². The zero-order chi connectivity index (χ0) is 75.2. The molecule has 2 aliphatic rings. The summed E-state index contributed by atoms with van der Waals surface area (Å²) in [6.45, 7) is 22.9. The minimum absolute atomic E-state index is 0.00602. The molecule has 18 rings (SSSR count). The molecule has 16 aromatic rings. The van der Waals surface area contributed by atoms with Gasteiger partial charge in [-0.2, -0.15) is 0 Å². The summed E-state index contributed by atoms with van der Waals surface area (Å²) in [5.74, 6) is 0.680. The standard InChI is InChI=1S/C104H92BN3Si2/c1-71(2)75-52-61-96-91(64-75)92-65-76(72(3)4)53-62-97(92)107(96)81-68-100-102-101(69-81)108(95-47-30-29-46-90(95)74-50-57-79(58-51-74)104(8,9)10)98-63-54-77(73-48-55-78(56-49-73)103(5,6)7)66-94(98)105(102)93-60-59-89(110(85-39-23-14-24-40-85,86-41-25-15-26-42-86)87-43-27-16-28-44-87)70-99(93)106(100)80-32-31-45-88(67-80)109(82-33-17-11-18-34-82,83-35-19-12-20-36-83)84-37-21-13-22-38-84/h11-72H,1-10H3. The van der Waals surface area contributed by atoms with Gasteiger partial charge in [0.2, 0.25) is 0 Å². The van der Waals surface area contributed by atoms with Crippen LogP contribution in [0.4, 0.5) is 34.1 Å². The van der Waals surface area contributed by atoms with E-state index in [1.54, 1.807) is 0 Å². The highest BCUT2D eigenvalue weighted by atomic mass is 28.3. The topological polar surface area (TPSA) is 11.4 Å². The van der Waals surface area contributed by atoms with Crippen LogP contribution < -0.4 is 67.7 Å². The molecule has 0 saturated carbocycles. The summed E-state index contributed by atoms with van der Waals surface area (Å²) < 4.78 is 2.61. The molecule has 3 nitrogen and oxygen atoms in total. The predicted molar refractivity (Wildman–Crippen MR) is 478 cm³/mol. The van der Waals surface area contributed by atoms with Crippen molar-refractivity contribution in [1.29, 1.82) is 0 Å². The van der Waals surface area contributed by atoms with Crippen LogP contribution in [-0.4, -0.2) is 27.4 Å². The first-order valence-corrected chi connectivity index (χ1v) is 43.4. The summed E-state index contributed by atoms with van der Waals surface area (Å²) in [6, 6.07) is 142. The van der Waals surface area contributed by atoms with E-state index in [1.807, 2.05) is 0 Å². The van der Waals surface area contributed by atoms with Crippen molar-refractivity contribution < 1.29 is 0 Å². The second kappa shape index (κ2) is 27.7. The maximum Gasteiger partial charge on any atom is 0.252 e. The van der Waals surface area contributed by atoms with E-state index in [1.165, 1.54) is 119 Å². The first-order valence-electron chi connectivity index (χ1n) is 39.4. The van der Waals surface area contributed by atoms with Gasteiger partial charge in [0.15, 0.2) is 16.1 Å². The minimum atomic E-state index is -3.21. The Hall–Kier alpha value is -11.8. The lowest BCUT2D eigenvalue weighted by molar-refractivity contribution is 0.590. The monoisotopic (exact) mass is 1450 g/mol. The summed E-state index contributed by atoms with van der Waals surface area (Å²) >= 11 is 0. The molecule has 0 aliphatic carbocycles. The van der Waals surface area contributed by atoms with Crippen molar-refractivity contribution in [3.8, 4) is 27.9 Å². The van der Waals surface area contributed by atoms with E-state index >= 15 is 0 Å². The van der Waals surface area contributed by atoms with Crippen LogP contribution in [0.5, 0.6) is 0 Å². The van der Waals surface area contributed by atoms with Crippen molar-refractivity contribution in [1.82, 2.24) is 4.57 Å². The molecule has 3 heterocycles. The Kier molecular flexibility index (Phi) is 17.6. The average molecular weight is 1450 g/mol. The van der Waals surface area contributed by atoms with E-state index in [4.69, 9.17) is 0 Å². The first kappa shape index (κ1) is 69.9. The van der Waals surface area contributed by atoms with Gasteiger partial charge in [-0.3, -0.25) is 0 Å². The fraction of sp³-hybridized carbons (Fsp3) is 0.135. The van der Waals surface area contributed by atoms with Crippen LogP contribution in [0.15, 0.2) is 364 Å². The Balaban J connectivity index is 1.02. The van der Waals surface area contributed by atoms with Crippen LogP contribution >= 0.6 is 0 Å². The predicted octanol–water partition coefficient (Wildman–Crippen LogP) is 19.8.